The van der Waals surface area contributed by atoms with E-state index in [4.69, 9.17) is 4.98 Å². The molecule has 3 aromatic rings. The lowest BCUT2D eigenvalue weighted by atomic mass is 9.70. The smallest absolute Gasteiger partial charge is 0.254 e. The van der Waals surface area contributed by atoms with Crippen LogP contribution >= 0.6 is 0 Å². The van der Waals surface area contributed by atoms with E-state index >= 15 is 0 Å². The van der Waals surface area contributed by atoms with Crippen molar-refractivity contribution in [2.75, 3.05) is 5.32 Å². The molecular formula is C21H21N5O. The van der Waals surface area contributed by atoms with Crippen molar-refractivity contribution < 1.29 is 4.79 Å². The third-order valence-electron chi connectivity index (χ3n) is 7.52. The van der Waals surface area contributed by atoms with E-state index in [-0.39, 0.29) is 16.7 Å². The molecule has 6 nitrogen and oxygen atoms in total. The maximum absolute atomic E-state index is 11.6. The Hall–Kier alpha value is -2.76. The van der Waals surface area contributed by atoms with E-state index in [1.807, 2.05) is 12.1 Å². The molecule has 2 bridgehead atoms. The zero-order valence-electron chi connectivity index (χ0n) is 15.7. The summed E-state index contributed by atoms with van der Waals surface area (Å²) in [6.45, 7) is 7.09. The number of nitrogens with one attached hydrogen (secondary N) is 1. The van der Waals surface area contributed by atoms with Crippen LogP contribution in [0.4, 0.5) is 5.69 Å². The van der Waals surface area contributed by atoms with Gasteiger partial charge < -0.3 is 5.32 Å². The van der Waals surface area contributed by atoms with Gasteiger partial charge in [-0.25, -0.2) is 4.98 Å². The lowest BCUT2D eigenvalue weighted by Gasteiger charge is -2.34. The fourth-order valence-corrected chi connectivity index (χ4v) is 5.59. The van der Waals surface area contributed by atoms with E-state index in [9.17, 15) is 4.79 Å². The minimum atomic E-state index is 0.0482. The molecule has 2 aromatic heterocycles. The Kier molecular flexibility index (Phi) is 2.58. The Morgan fingerprint density at radius 3 is 2.93 bits per heavy atom. The number of hydrogen-bond acceptors (Lipinski definition) is 4. The van der Waals surface area contributed by atoms with Crippen LogP contribution in [0, 0.1) is 5.41 Å². The highest BCUT2D eigenvalue weighted by atomic mass is 16.1. The van der Waals surface area contributed by atoms with Crippen molar-refractivity contribution in [1.29, 1.82) is 0 Å². The molecule has 136 valence electrons. The van der Waals surface area contributed by atoms with E-state index in [1.54, 1.807) is 0 Å². The molecule has 2 atom stereocenters. The van der Waals surface area contributed by atoms with E-state index in [0.717, 1.165) is 28.2 Å². The van der Waals surface area contributed by atoms with Crippen LogP contribution in [0.3, 0.4) is 0 Å². The van der Waals surface area contributed by atoms with Crippen LogP contribution in [0.25, 0.3) is 17.0 Å². The molecule has 3 heterocycles. The largest absolute Gasteiger partial charge is 0.326 e. The molecule has 2 unspecified atom stereocenters. The Labute approximate surface area is 157 Å². The Bertz CT molecular complexity index is 1160. The van der Waals surface area contributed by atoms with Crippen molar-refractivity contribution in [2.45, 2.75) is 51.4 Å². The number of nitrogens with zero attached hydrogens (tertiary/aromatic N) is 4. The normalized spacial score (nSPS) is 27.1. The van der Waals surface area contributed by atoms with Gasteiger partial charge in [-0.2, -0.15) is 0 Å². The number of hydrogen-bond donors (Lipinski definition) is 1. The first-order valence-corrected chi connectivity index (χ1v) is 9.58. The summed E-state index contributed by atoms with van der Waals surface area (Å²) in [5.41, 5.74) is 6.52. The standard InChI is InChI=1S/C21H21N5O/c1-20(2)13-6-7-21(20,3)18-17(13)24-25-19-23-15(10-26(18)19)11-4-5-14-12(8-11)9-16(27)22-14/h4-5,8,10,13H,6-7,9H2,1-3H3,(H,22,27). The lowest BCUT2D eigenvalue weighted by Crippen LogP contribution is -2.32. The van der Waals surface area contributed by atoms with Gasteiger partial charge in [0.2, 0.25) is 5.91 Å². The third-order valence-corrected chi connectivity index (χ3v) is 7.52. The van der Waals surface area contributed by atoms with Gasteiger partial charge >= 0.3 is 0 Å². The monoisotopic (exact) mass is 359 g/mol. The highest BCUT2D eigenvalue weighted by Crippen LogP contribution is 2.66. The van der Waals surface area contributed by atoms with Crippen LogP contribution in [0.5, 0.6) is 0 Å². The van der Waals surface area contributed by atoms with Gasteiger partial charge in [-0.05, 0) is 36.0 Å². The first kappa shape index (κ1) is 15.3. The number of imidazole rings is 1. The van der Waals surface area contributed by atoms with E-state index in [1.165, 1.54) is 18.5 Å². The molecule has 6 rings (SSSR count). The number of rotatable bonds is 1. The van der Waals surface area contributed by atoms with Crippen molar-refractivity contribution in [3.05, 3.63) is 41.3 Å². The van der Waals surface area contributed by atoms with Crippen molar-refractivity contribution in [1.82, 2.24) is 19.6 Å². The minimum absolute atomic E-state index is 0.0482. The van der Waals surface area contributed by atoms with Crippen LogP contribution in [-0.4, -0.2) is 25.5 Å². The number of benzene rings is 1. The van der Waals surface area contributed by atoms with E-state index in [2.05, 4.69) is 52.9 Å². The summed E-state index contributed by atoms with van der Waals surface area (Å²) in [5.74, 6) is 1.17. The minimum Gasteiger partial charge on any atom is -0.326 e. The molecule has 1 aromatic carbocycles. The van der Waals surface area contributed by atoms with Gasteiger partial charge in [-0.1, -0.05) is 26.8 Å². The number of carbonyl (C=O) groups is 1. The van der Waals surface area contributed by atoms with Gasteiger partial charge in [-0.15, -0.1) is 10.2 Å². The topological polar surface area (TPSA) is 72.2 Å². The van der Waals surface area contributed by atoms with Crippen LogP contribution in [0.2, 0.25) is 0 Å². The molecule has 1 saturated carbocycles. The van der Waals surface area contributed by atoms with Crippen LogP contribution in [0.1, 0.15) is 56.5 Å². The van der Waals surface area contributed by atoms with Crippen molar-refractivity contribution in [3.63, 3.8) is 0 Å². The Morgan fingerprint density at radius 1 is 1.22 bits per heavy atom. The summed E-state index contributed by atoms with van der Waals surface area (Å²) in [6.07, 6.45) is 4.89. The van der Waals surface area contributed by atoms with Crippen molar-refractivity contribution in [3.8, 4) is 11.3 Å². The fraction of sp³-hybridized carbons (Fsp3) is 0.429. The van der Waals surface area contributed by atoms with Gasteiger partial charge in [0.25, 0.3) is 5.78 Å². The second kappa shape index (κ2) is 4.55. The predicted molar refractivity (Wildman–Crippen MR) is 102 cm³/mol. The average molecular weight is 359 g/mol. The molecule has 2 aliphatic carbocycles. The first-order chi connectivity index (χ1) is 12.9. The molecule has 1 N–H and O–H groups in total. The summed E-state index contributed by atoms with van der Waals surface area (Å²) in [6, 6.07) is 6.03. The van der Waals surface area contributed by atoms with Crippen LogP contribution in [-0.2, 0) is 16.6 Å². The molecular weight excluding hydrogens is 338 g/mol. The van der Waals surface area contributed by atoms with Crippen molar-refractivity contribution >= 4 is 17.4 Å². The van der Waals surface area contributed by atoms with E-state index < -0.39 is 0 Å². The van der Waals surface area contributed by atoms with Gasteiger partial charge in [0.1, 0.15) is 0 Å². The number of anilines is 1. The molecule has 3 aliphatic rings. The number of fused-ring (bicyclic) bond motifs is 8. The highest BCUT2D eigenvalue weighted by Gasteiger charge is 2.61. The quantitative estimate of drug-likeness (QED) is 0.722. The number of aromatic nitrogens is 4. The molecule has 1 fully saturated rings. The molecule has 27 heavy (non-hydrogen) atoms. The second-order valence-corrected chi connectivity index (χ2v) is 8.97. The molecule has 1 amide bonds. The van der Waals surface area contributed by atoms with Gasteiger partial charge in [0.15, 0.2) is 0 Å². The summed E-state index contributed by atoms with van der Waals surface area (Å²) in [7, 11) is 0. The van der Waals surface area contributed by atoms with Crippen LogP contribution in [0.15, 0.2) is 24.4 Å². The van der Waals surface area contributed by atoms with Gasteiger partial charge in [-0.3, -0.25) is 9.20 Å². The molecule has 1 aliphatic heterocycles. The highest BCUT2D eigenvalue weighted by molar-refractivity contribution is 5.99. The molecule has 6 heteroatoms. The SMILES string of the molecule is CC12CCC(c3nnc4nc(-c5ccc6c(c5)CC(=O)N6)cn4c31)C2(C)C. The fourth-order valence-electron chi connectivity index (χ4n) is 5.59. The Morgan fingerprint density at radius 2 is 2.07 bits per heavy atom. The van der Waals surface area contributed by atoms with Gasteiger partial charge in [0.05, 0.1) is 23.5 Å². The summed E-state index contributed by atoms with van der Waals surface area (Å²) < 4.78 is 2.16. The maximum atomic E-state index is 11.6. The molecule has 0 spiro atoms. The van der Waals surface area contributed by atoms with Gasteiger partial charge in [0, 0.05) is 28.8 Å². The predicted octanol–water partition coefficient (Wildman–Crippen LogP) is 3.46. The summed E-state index contributed by atoms with van der Waals surface area (Å²) in [4.78, 5) is 16.4. The zero-order chi connectivity index (χ0) is 18.6. The average Bonchev–Trinajstić information content (AvgIpc) is 3.31. The zero-order valence-corrected chi connectivity index (χ0v) is 15.7. The third kappa shape index (κ3) is 1.71. The van der Waals surface area contributed by atoms with Crippen LogP contribution < -0.4 is 5.32 Å². The van der Waals surface area contributed by atoms with E-state index in [0.29, 0.717) is 18.1 Å². The number of amides is 1. The maximum Gasteiger partial charge on any atom is 0.254 e. The molecule has 0 saturated heterocycles. The number of carbonyl (C=O) groups excluding carboxylic acids is 1. The lowest BCUT2D eigenvalue weighted by molar-refractivity contribution is -0.115. The Balaban J connectivity index is 1.54. The van der Waals surface area contributed by atoms with Crippen molar-refractivity contribution in [2.24, 2.45) is 5.41 Å². The summed E-state index contributed by atoms with van der Waals surface area (Å²) in [5, 5.41) is 11.9. The molecule has 0 radical (unpaired) electrons. The second-order valence-electron chi connectivity index (χ2n) is 8.97. The summed E-state index contributed by atoms with van der Waals surface area (Å²) >= 11 is 0. The first-order valence-electron chi connectivity index (χ1n) is 9.58.